The Balaban J connectivity index is 2.64. The van der Waals surface area contributed by atoms with Gasteiger partial charge in [0.15, 0.2) is 0 Å². The van der Waals surface area contributed by atoms with Crippen molar-refractivity contribution in [3.63, 3.8) is 0 Å². The van der Waals surface area contributed by atoms with Gasteiger partial charge in [-0.05, 0) is 43.0 Å². The number of aliphatic hydroxyl groups is 1. The molecule has 0 spiro atoms. The molecule has 0 aromatic carbocycles. The maximum Gasteiger partial charge on any atom is 0.367 e. The quantitative estimate of drug-likeness (QED) is 0.462. The first kappa shape index (κ1) is 15.4. The first-order valence-electron chi connectivity index (χ1n) is 5.52. The Morgan fingerprint density at radius 2 is 1.94 bits per heavy atom. The van der Waals surface area contributed by atoms with Crippen LogP contribution in [0.5, 0.6) is 0 Å². The van der Waals surface area contributed by atoms with Crippen LogP contribution >= 0.6 is 24.4 Å². The number of thioether (sulfide) groups is 1. The van der Waals surface area contributed by atoms with E-state index in [9.17, 15) is 14.7 Å². The molecular weight excluding hydrogens is 276 g/mol. The van der Waals surface area contributed by atoms with Gasteiger partial charge in [-0.1, -0.05) is 12.6 Å². The van der Waals surface area contributed by atoms with Gasteiger partial charge in [-0.2, -0.15) is 0 Å². The number of hydrogen-bond acceptors (Lipinski definition) is 6. The first-order chi connectivity index (χ1) is 8.51. The van der Waals surface area contributed by atoms with Crippen LogP contribution in [0.2, 0.25) is 0 Å². The maximum atomic E-state index is 11.2. The van der Waals surface area contributed by atoms with Crippen LogP contribution in [0.3, 0.4) is 0 Å². The van der Waals surface area contributed by atoms with Crippen LogP contribution in [0.15, 0.2) is 12.2 Å². The summed E-state index contributed by atoms with van der Waals surface area (Å²) in [6.45, 7) is 0. The summed E-state index contributed by atoms with van der Waals surface area (Å²) in [4.78, 5) is 21.9. The first-order valence-corrected chi connectivity index (χ1v) is 7.19. The molecule has 1 aliphatic rings. The van der Waals surface area contributed by atoms with Crippen molar-refractivity contribution < 1.29 is 24.2 Å². The standard InChI is InChI=1S/C11H16O5S2/c1-18-11(14)16-8-3-2-7(12)6-9(5-4-8)15-10(13)17/h4-5,7-9,12H,2-3,6H2,1H3,(H,13,17). The molecule has 0 saturated heterocycles. The van der Waals surface area contributed by atoms with E-state index in [4.69, 9.17) is 9.47 Å². The smallest absolute Gasteiger partial charge is 0.367 e. The average Bonchev–Trinajstić information content (AvgIpc) is 2.29. The Morgan fingerprint density at radius 1 is 1.28 bits per heavy atom. The lowest BCUT2D eigenvalue weighted by Gasteiger charge is -2.22. The van der Waals surface area contributed by atoms with Gasteiger partial charge < -0.3 is 14.6 Å². The molecule has 0 aromatic rings. The molecule has 3 unspecified atom stereocenters. The van der Waals surface area contributed by atoms with Gasteiger partial charge in [0.1, 0.15) is 12.2 Å². The summed E-state index contributed by atoms with van der Waals surface area (Å²) in [6.07, 6.45) is 4.75. The molecule has 0 bridgehead atoms. The summed E-state index contributed by atoms with van der Waals surface area (Å²) < 4.78 is 10.1. The topological polar surface area (TPSA) is 72.8 Å². The molecule has 7 heteroatoms. The van der Waals surface area contributed by atoms with E-state index in [0.29, 0.717) is 19.3 Å². The van der Waals surface area contributed by atoms with Crippen LogP contribution in [0, 0.1) is 0 Å². The third-order valence-electron chi connectivity index (χ3n) is 2.50. The van der Waals surface area contributed by atoms with Crippen molar-refractivity contribution in [3.8, 4) is 0 Å². The van der Waals surface area contributed by atoms with Crippen LogP contribution < -0.4 is 0 Å². The minimum Gasteiger partial charge on any atom is -0.450 e. The lowest BCUT2D eigenvalue weighted by molar-refractivity contribution is 0.0668. The van der Waals surface area contributed by atoms with Crippen molar-refractivity contribution >= 4 is 35.0 Å². The fourth-order valence-electron chi connectivity index (χ4n) is 1.65. The third kappa shape index (κ3) is 5.79. The molecule has 102 valence electrons. The van der Waals surface area contributed by atoms with E-state index in [2.05, 4.69) is 12.6 Å². The molecule has 0 aromatic heterocycles. The van der Waals surface area contributed by atoms with Crippen molar-refractivity contribution in [3.05, 3.63) is 12.2 Å². The van der Waals surface area contributed by atoms with Crippen LogP contribution in [0.1, 0.15) is 19.3 Å². The number of carbonyl (C=O) groups is 2. The zero-order valence-electron chi connectivity index (χ0n) is 9.94. The Morgan fingerprint density at radius 3 is 2.56 bits per heavy atom. The van der Waals surface area contributed by atoms with Crippen molar-refractivity contribution in [1.29, 1.82) is 0 Å². The number of carbonyl (C=O) groups excluding carboxylic acids is 2. The minimum atomic E-state index is -0.699. The molecule has 0 saturated carbocycles. The molecule has 1 aliphatic carbocycles. The normalized spacial score (nSPS) is 28.1. The minimum absolute atomic E-state index is 0.325. The monoisotopic (exact) mass is 292 g/mol. The fourth-order valence-corrected chi connectivity index (χ4v) is 2.01. The van der Waals surface area contributed by atoms with E-state index in [1.54, 1.807) is 18.4 Å². The molecule has 0 radical (unpaired) electrons. The summed E-state index contributed by atoms with van der Waals surface area (Å²) in [7, 11) is 0. The second kappa shape index (κ2) is 7.70. The molecule has 5 nitrogen and oxygen atoms in total. The van der Waals surface area contributed by atoms with Gasteiger partial charge in [0.2, 0.25) is 0 Å². The fraction of sp³-hybridized carbons (Fsp3) is 0.636. The highest BCUT2D eigenvalue weighted by Crippen LogP contribution is 2.19. The van der Waals surface area contributed by atoms with E-state index in [0.717, 1.165) is 11.8 Å². The molecular formula is C11H16O5S2. The van der Waals surface area contributed by atoms with Crippen molar-refractivity contribution in [2.45, 2.75) is 37.6 Å². The van der Waals surface area contributed by atoms with Gasteiger partial charge in [-0.25, -0.2) is 9.59 Å². The predicted octanol–water partition coefficient (Wildman–Crippen LogP) is 2.39. The molecule has 0 heterocycles. The largest absolute Gasteiger partial charge is 0.450 e. The number of hydrogen-bond donors (Lipinski definition) is 2. The zero-order chi connectivity index (χ0) is 13.5. The molecule has 18 heavy (non-hydrogen) atoms. The van der Waals surface area contributed by atoms with E-state index in [1.165, 1.54) is 0 Å². The summed E-state index contributed by atoms with van der Waals surface area (Å²) in [5, 5.41) is 8.64. The number of thiol groups is 1. The molecule has 3 atom stereocenters. The van der Waals surface area contributed by atoms with Crippen molar-refractivity contribution in [2.24, 2.45) is 0 Å². The molecule has 0 aliphatic heterocycles. The lowest BCUT2D eigenvalue weighted by atomic mass is 10.00. The number of aliphatic hydroxyl groups excluding tert-OH is 1. The SMILES string of the molecule is CSC(=O)OC1C=CC(OC(=O)S)CC(O)CC1. The van der Waals surface area contributed by atoms with Crippen molar-refractivity contribution in [1.82, 2.24) is 0 Å². The highest BCUT2D eigenvalue weighted by atomic mass is 32.2. The third-order valence-corrected chi connectivity index (χ3v) is 3.03. The summed E-state index contributed by atoms with van der Waals surface area (Å²) in [5.41, 5.74) is 0. The maximum absolute atomic E-state index is 11.2. The van der Waals surface area contributed by atoms with E-state index >= 15 is 0 Å². The van der Waals surface area contributed by atoms with Gasteiger partial charge >= 0.3 is 10.6 Å². The van der Waals surface area contributed by atoms with Gasteiger partial charge in [-0.3, -0.25) is 0 Å². The lowest BCUT2D eigenvalue weighted by Crippen LogP contribution is -2.25. The van der Waals surface area contributed by atoms with Gasteiger partial charge in [0.25, 0.3) is 0 Å². The Labute approximate surface area is 115 Å². The van der Waals surface area contributed by atoms with Crippen LogP contribution in [-0.2, 0) is 9.47 Å². The summed E-state index contributed by atoms with van der Waals surface area (Å²) in [6, 6.07) is 0. The molecule has 0 fully saturated rings. The number of ether oxygens (including phenoxy) is 2. The van der Waals surface area contributed by atoms with Gasteiger partial charge in [0.05, 0.1) is 6.10 Å². The van der Waals surface area contributed by atoms with Crippen molar-refractivity contribution in [2.75, 3.05) is 6.26 Å². The highest BCUT2D eigenvalue weighted by molar-refractivity contribution is 8.12. The summed E-state index contributed by atoms with van der Waals surface area (Å²) >= 11 is 4.52. The Hall–Kier alpha value is -0.660. The molecule has 1 rings (SSSR count). The van der Waals surface area contributed by atoms with Crippen LogP contribution in [-0.4, -0.2) is 40.3 Å². The molecule has 1 N–H and O–H groups in total. The van der Waals surface area contributed by atoms with Gasteiger partial charge in [0, 0.05) is 6.42 Å². The second-order valence-corrected chi connectivity index (χ2v) is 4.99. The predicted molar refractivity (Wildman–Crippen MR) is 72.0 cm³/mol. The van der Waals surface area contributed by atoms with E-state index in [-0.39, 0.29) is 5.30 Å². The second-order valence-electron chi connectivity index (χ2n) is 3.88. The van der Waals surface area contributed by atoms with E-state index in [1.807, 2.05) is 0 Å². The molecule has 0 amide bonds. The van der Waals surface area contributed by atoms with E-state index < -0.39 is 23.6 Å². The van der Waals surface area contributed by atoms with Gasteiger partial charge in [-0.15, -0.1) is 0 Å². The Bertz CT molecular complexity index is 331. The summed E-state index contributed by atoms with van der Waals surface area (Å²) in [5.74, 6) is 0. The van der Waals surface area contributed by atoms with Crippen LogP contribution in [0.4, 0.5) is 9.59 Å². The highest BCUT2D eigenvalue weighted by Gasteiger charge is 2.21. The average molecular weight is 292 g/mol. The Kier molecular flexibility index (Phi) is 6.59. The zero-order valence-corrected chi connectivity index (χ0v) is 11.7. The van der Waals surface area contributed by atoms with Crippen LogP contribution in [0.25, 0.3) is 0 Å². The number of rotatable bonds is 2.